The summed E-state index contributed by atoms with van der Waals surface area (Å²) in [6.07, 6.45) is -2.99. The molecule has 0 spiro atoms. The van der Waals surface area contributed by atoms with Crippen LogP contribution in [0, 0.1) is 0 Å². The number of aliphatic hydroxyl groups is 3. The Labute approximate surface area is 126 Å². The van der Waals surface area contributed by atoms with Gasteiger partial charge in [0.1, 0.15) is 23.8 Å². The normalized spacial score (nSPS) is 29.3. The largest absolute Gasteiger partial charge is 0.394 e. The maximum absolute atomic E-state index is 12.0. The van der Waals surface area contributed by atoms with Gasteiger partial charge in [-0.15, -0.1) is 0 Å². The van der Waals surface area contributed by atoms with Gasteiger partial charge in [0.15, 0.2) is 12.0 Å². The number of anilines is 1. The van der Waals surface area contributed by atoms with Gasteiger partial charge in [-0.2, -0.15) is 5.10 Å². The van der Waals surface area contributed by atoms with E-state index in [1.165, 1.54) is 10.8 Å². The van der Waals surface area contributed by atoms with Crippen LogP contribution in [0.5, 0.6) is 0 Å². The molecule has 1 fully saturated rings. The molecule has 0 bridgehead atoms. The lowest BCUT2D eigenvalue weighted by Gasteiger charge is -2.17. The molecular formula is C11H13BrN4O5. The molecule has 0 aliphatic carbocycles. The number of nitrogens with two attached hydrogens (primary N) is 1. The van der Waals surface area contributed by atoms with Gasteiger partial charge in [-0.1, -0.05) is 0 Å². The molecule has 0 saturated carbocycles. The second-order valence-electron chi connectivity index (χ2n) is 4.77. The molecule has 2 aromatic heterocycles. The average molecular weight is 361 g/mol. The summed E-state index contributed by atoms with van der Waals surface area (Å²) in [5.41, 5.74) is 5.38. The number of aromatic nitrogens is 3. The van der Waals surface area contributed by atoms with Crippen molar-refractivity contribution < 1.29 is 20.1 Å². The molecule has 9 nitrogen and oxygen atoms in total. The van der Waals surface area contributed by atoms with Crippen LogP contribution in [0.15, 0.2) is 15.5 Å². The van der Waals surface area contributed by atoms with Gasteiger partial charge in [0.2, 0.25) is 0 Å². The van der Waals surface area contributed by atoms with Gasteiger partial charge in [0.25, 0.3) is 5.56 Å². The summed E-state index contributed by atoms with van der Waals surface area (Å²) >= 11 is 3.27. The first-order valence-corrected chi connectivity index (χ1v) is 6.91. The number of hydrogen-bond donors (Lipinski definition) is 5. The van der Waals surface area contributed by atoms with Gasteiger partial charge in [-0.05, 0) is 15.9 Å². The number of aromatic amines is 1. The van der Waals surface area contributed by atoms with Gasteiger partial charge < -0.3 is 30.4 Å². The highest BCUT2D eigenvalue weighted by atomic mass is 79.9. The van der Waals surface area contributed by atoms with Crippen molar-refractivity contribution >= 4 is 32.7 Å². The minimum Gasteiger partial charge on any atom is -0.394 e. The van der Waals surface area contributed by atoms with E-state index in [2.05, 4.69) is 26.1 Å². The molecule has 10 heteroatoms. The Morgan fingerprint density at radius 2 is 2.19 bits per heavy atom. The van der Waals surface area contributed by atoms with E-state index in [9.17, 15) is 15.0 Å². The molecule has 1 aliphatic heterocycles. The highest BCUT2D eigenvalue weighted by Crippen LogP contribution is 2.35. The van der Waals surface area contributed by atoms with E-state index < -0.39 is 36.7 Å². The summed E-state index contributed by atoms with van der Waals surface area (Å²) in [7, 11) is 0. The van der Waals surface area contributed by atoms with E-state index in [1.807, 2.05) is 0 Å². The van der Waals surface area contributed by atoms with Gasteiger partial charge in [0.05, 0.1) is 12.0 Å². The third kappa shape index (κ3) is 2.07. The Balaban J connectivity index is 2.18. The molecule has 0 aromatic carbocycles. The number of fused-ring (bicyclic) bond motifs is 1. The monoisotopic (exact) mass is 360 g/mol. The lowest BCUT2D eigenvalue weighted by Crippen LogP contribution is -2.33. The van der Waals surface area contributed by atoms with Gasteiger partial charge in [-0.3, -0.25) is 4.79 Å². The van der Waals surface area contributed by atoms with Crippen LogP contribution >= 0.6 is 15.9 Å². The Morgan fingerprint density at radius 3 is 2.81 bits per heavy atom. The Bertz CT molecular complexity index is 744. The van der Waals surface area contributed by atoms with Crippen LogP contribution < -0.4 is 11.3 Å². The molecule has 0 radical (unpaired) electrons. The second kappa shape index (κ2) is 5.07. The van der Waals surface area contributed by atoms with Gasteiger partial charge in [0, 0.05) is 10.7 Å². The topological polar surface area (TPSA) is 147 Å². The summed E-state index contributed by atoms with van der Waals surface area (Å²) in [4.78, 5) is 12.0. The molecule has 4 atom stereocenters. The number of aliphatic hydroxyl groups excluding tert-OH is 3. The highest BCUT2D eigenvalue weighted by molar-refractivity contribution is 9.10. The summed E-state index contributed by atoms with van der Waals surface area (Å²) in [5, 5.41) is 35.3. The number of nitrogens with one attached hydrogen (secondary N) is 1. The molecule has 0 amide bonds. The van der Waals surface area contributed by atoms with Crippen molar-refractivity contribution in [3.05, 3.63) is 21.0 Å². The van der Waals surface area contributed by atoms with Crippen molar-refractivity contribution in [2.45, 2.75) is 24.5 Å². The van der Waals surface area contributed by atoms with Crippen LogP contribution in [0.4, 0.5) is 5.82 Å². The van der Waals surface area contributed by atoms with Crippen LogP contribution in [0.3, 0.4) is 0 Å². The predicted molar refractivity (Wildman–Crippen MR) is 75.5 cm³/mol. The molecule has 3 heterocycles. The molecule has 6 N–H and O–H groups in total. The standard InChI is InChI=1S/C11H13BrN4O5/c12-3-1-16(6-5(3)9(13)14-15-10(6)20)11-8(19)7(18)4(2-17)21-11/h1,4,7-8,11,17-19H,2H2,(H2,13,14)(H,15,20)/t4-,7-,8-,11-/m1/s1. The Morgan fingerprint density at radius 1 is 1.48 bits per heavy atom. The second-order valence-corrected chi connectivity index (χ2v) is 5.63. The number of hydrogen-bond acceptors (Lipinski definition) is 7. The predicted octanol–water partition coefficient (Wildman–Crippen LogP) is -1.32. The molecule has 114 valence electrons. The van der Waals surface area contributed by atoms with Crippen molar-refractivity contribution in [2.24, 2.45) is 0 Å². The number of H-pyrrole nitrogens is 1. The minimum absolute atomic E-state index is 0.113. The number of halogens is 1. The van der Waals surface area contributed by atoms with Crippen LogP contribution in [0.2, 0.25) is 0 Å². The van der Waals surface area contributed by atoms with Crippen LogP contribution in [0.1, 0.15) is 6.23 Å². The number of nitrogens with zero attached hydrogens (tertiary/aromatic N) is 2. The smallest absolute Gasteiger partial charge is 0.288 e. The fourth-order valence-corrected chi connectivity index (χ4v) is 3.11. The zero-order valence-electron chi connectivity index (χ0n) is 10.6. The Kier molecular flexibility index (Phi) is 3.50. The number of ether oxygens (including phenoxy) is 1. The van der Waals surface area contributed by atoms with Gasteiger partial charge >= 0.3 is 0 Å². The molecule has 1 aliphatic rings. The summed E-state index contributed by atoms with van der Waals surface area (Å²) in [5.74, 6) is 0.113. The van der Waals surface area contributed by atoms with Crippen molar-refractivity contribution in [3.8, 4) is 0 Å². The summed E-state index contributed by atoms with van der Waals surface area (Å²) in [6, 6.07) is 0. The van der Waals surface area contributed by atoms with E-state index >= 15 is 0 Å². The van der Waals surface area contributed by atoms with Crippen LogP contribution in [0.25, 0.3) is 10.9 Å². The van der Waals surface area contributed by atoms with E-state index in [4.69, 9.17) is 15.6 Å². The first-order chi connectivity index (χ1) is 9.95. The first kappa shape index (κ1) is 14.5. The molecule has 1 saturated heterocycles. The average Bonchev–Trinajstić information content (AvgIpc) is 2.94. The minimum atomic E-state index is -1.29. The van der Waals surface area contributed by atoms with Crippen molar-refractivity contribution in [2.75, 3.05) is 12.3 Å². The third-order valence-electron chi connectivity index (χ3n) is 3.53. The molecule has 3 rings (SSSR count). The van der Waals surface area contributed by atoms with Crippen LogP contribution in [-0.4, -0.2) is 55.0 Å². The quantitative estimate of drug-likeness (QED) is 0.446. The maximum atomic E-state index is 12.0. The molecule has 2 aromatic rings. The van der Waals surface area contributed by atoms with E-state index in [-0.39, 0.29) is 11.3 Å². The fourth-order valence-electron chi connectivity index (χ4n) is 2.50. The highest BCUT2D eigenvalue weighted by Gasteiger charge is 2.44. The summed E-state index contributed by atoms with van der Waals surface area (Å²) in [6.45, 7) is -0.449. The number of nitrogen functional groups attached to an aromatic ring is 1. The Hall–Kier alpha value is -1.46. The van der Waals surface area contributed by atoms with E-state index in [0.29, 0.717) is 9.86 Å². The van der Waals surface area contributed by atoms with E-state index in [0.717, 1.165) is 0 Å². The zero-order chi connectivity index (χ0) is 15.3. The van der Waals surface area contributed by atoms with Crippen molar-refractivity contribution in [1.82, 2.24) is 14.8 Å². The first-order valence-electron chi connectivity index (χ1n) is 6.12. The molecular weight excluding hydrogens is 348 g/mol. The van der Waals surface area contributed by atoms with Gasteiger partial charge in [-0.25, -0.2) is 5.10 Å². The zero-order valence-corrected chi connectivity index (χ0v) is 12.2. The van der Waals surface area contributed by atoms with E-state index in [1.54, 1.807) is 0 Å². The SMILES string of the molecule is Nc1n[nH]c(=O)c2c1c(Br)cn2[C@@H]1O[C@H](CO)[C@@H](O)[C@H]1O. The molecule has 21 heavy (non-hydrogen) atoms. The number of rotatable bonds is 2. The van der Waals surface area contributed by atoms with Crippen LogP contribution in [-0.2, 0) is 4.74 Å². The third-order valence-corrected chi connectivity index (χ3v) is 4.13. The lowest BCUT2D eigenvalue weighted by molar-refractivity contribution is -0.0507. The maximum Gasteiger partial charge on any atom is 0.288 e. The van der Waals surface area contributed by atoms with Crippen molar-refractivity contribution in [3.63, 3.8) is 0 Å². The fraction of sp³-hybridized carbons (Fsp3) is 0.455. The molecule has 0 unspecified atom stereocenters. The lowest BCUT2D eigenvalue weighted by atomic mass is 10.1. The van der Waals surface area contributed by atoms with Crippen molar-refractivity contribution in [1.29, 1.82) is 0 Å². The summed E-state index contributed by atoms with van der Waals surface area (Å²) < 4.78 is 7.28.